The minimum Gasteiger partial charge on any atom is -0.459 e. The number of thioether (sulfide) groups is 1. The van der Waals surface area contributed by atoms with Crippen molar-refractivity contribution in [1.82, 2.24) is 15.5 Å². The Labute approximate surface area is 390 Å². The number of Topliss-reactive ketones (excluding diaryl/α,β-unsaturated/α-hetero) is 3. The highest BCUT2D eigenvalue weighted by atomic mass is 32.2. The summed E-state index contributed by atoms with van der Waals surface area (Å²) >= 11 is 1.56. The lowest BCUT2D eigenvalue weighted by atomic mass is 9.84. The fourth-order valence-electron chi connectivity index (χ4n) is 8.25. The summed E-state index contributed by atoms with van der Waals surface area (Å²) in [6.45, 7) is 16.2. The summed E-state index contributed by atoms with van der Waals surface area (Å²) < 4.78 is 11.0. The second kappa shape index (κ2) is 25.7. The van der Waals surface area contributed by atoms with Crippen LogP contribution in [0.4, 0.5) is 4.79 Å². The number of rotatable bonds is 24. The topological polar surface area (TPSA) is 178 Å². The molecule has 65 heavy (non-hydrogen) atoms. The van der Waals surface area contributed by atoms with Crippen molar-refractivity contribution in [3.63, 3.8) is 0 Å². The number of hydrogen-bond acceptors (Lipinski definition) is 11. The molecule has 1 unspecified atom stereocenters. The van der Waals surface area contributed by atoms with Crippen LogP contribution in [0.1, 0.15) is 124 Å². The maximum Gasteiger partial charge on any atom is 0.407 e. The van der Waals surface area contributed by atoms with Crippen molar-refractivity contribution in [3.8, 4) is 0 Å². The molecular weight excluding hydrogens is 845 g/mol. The fraction of sp³-hybridized carbons (Fsp3) is 0.608. The van der Waals surface area contributed by atoms with E-state index >= 15 is 0 Å². The lowest BCUT2D eigenvalue weighted by molar-refractivity contribution is -0.163. The third-order valence-electron chi connectivity index (χ3n) is 11.7. The van der Waals surface area contributed by atoms with Gasteiger partial charge in [-0.2, -0.15) is 0 Å². The first-order valence-corrected chi connectivity index (χ1v) is 24.3. The number of benzene rings is 2. The van der Waals surface area contributed by atoms with Crippen molar-refractivity contribution in [2.45, 2.75) is 149 Å². The Kier molecular flexibility index (Phi) is 20.9. The zero-order valence-electron chi connectivity index (χ0n) is 39.8. The van der Waals surface area contributed by atoms with Crippen molar-refractivity contribution in [2.75, 3.05) is 19.6 Å². The van der Waals surface area contributed by atoms with Gasteiger partial charge in [-0.05, 0) is 88.7 Å². The summed E-state index contributed by atoms with van der Waals surface area (Å²) in [5, 5.41) is 6.75. The first kappa shape index (κ1) is 52.8. The van der Waals surface area contributed by atoms with Crippen LogP contribution in [0.15, 0.2) is 65.7 Å². The molecule has 13 nitrogen and oxygen atoms in total. The Hall–Kier alpha value is -4.85. The molecule has 2 aromatic carbocycles. The van der Waals surface area contributed by atoms with E-state index < -0.39 is 53.4 Å². The fourth-order valence-corrected chi connectivity index (χ4v) is 9.33. The van der Waals surface area contributed by atoms with Gasteiger partial charge in [0.15, 0.2) is 11.6 Å². The number of ether oxygens (including phenoxy) is 2. The highest BCUT2D eigenvalue weighted by Gasteiger charge is 2.41. The van der Waals surface area contributed by atoms with E-state index in [0.717, 1.165) is 22.6 Å². The van der Waals surface area contributed by atoms with Gasteiger partial charge in [0.25, 0.3) is 0 Å². The molecule has 0 aromatic heterocycles. The molecule has 1 saturated heterocycles. The number of hydrogen-bond donors (Lipinski definition) is 2. The normalized spacial score (nSPS) is 18.2. The molecule has 14 heteroatoms. The average Bonchev–Trinajstić information content (AvgIpc) is 3.75. The van der Waals surface area contributed by atoms with E-state index in [2.05, 4.69) is 22.5 Å². The molecule has 1 fully saturated rings. The van der Waals surface area contributed by atoms with E-state index in [4.69, 9.17) is 9.47 Å². The second-order valence-electron chi connectivity index (χ2n) is 19.3. The van der Waals surface area contributed by atoms with Gasteiger partial charge in [-0.25, -0.2) is 4.79 Å². The largest absolute Gasteiger partial charge is 0.459 e. The standard InChI is InChI=1S/C51H72N4O9S/c1-33(2)27-40(49(61)64-51(6,7)8)43(56)29-38(28-36-17-11-9-12-18-36)48(60)55-26-16-22-42(55)45(58)30-39(34(3)4)47(59)54-41(44(57)31-46-52-25-23-35(5)65-46)21-15-24-53-50(62)63-32-37-19-13-10-14-20-37/h9-14,17-20,33-35,38-42H,15-16,21-32H2,1-8H3,(H,53,62)(H,54,59)/t35?,38-,39-,40-,41-,42-/m0/s1. The number of carbonyl (C=O) groups is 7. The van der Waals surface area contributed by atoms with E-state index in [0.29, 0.717) is 37.6 Å². The number of esters is 1. The van der Waals surface area contributed by atoms with Crippen molar-refractivity contribution in [3.05, 3.63) is 71.8 Å². The van der Waals surface area contributed by atoms with Crippen LogP contribution in [0, 0.1) is 29.6 Å². The monoisotopic (exact) mass is 917 g/mol. The van der Waals surface area contributed by atoms with E-state index in [-0.39, 0.29) is 86.8 Å². The molecule has 3 amide bonds. The van der Waals surface area contributed by atoms with Crippen LogP contribution in [0.5, 0.6) is 0 Å². The molecule has 2 aromatic rings. The van der Waals surface area contributed by atoms with E-state index in [1.165, 1.54) is 0 Å². The van der Waals surface area contributed by atoms with Gasteiger partial charge in [0.1, 0.15) is 23.9 Å². The number of ketones is 3. The molecule has 0 spiro atoms. The number of nitrogens with one attached hydrogen (secondary N) is 2. The number of alkyl carbamates (subject to hydrolysis) is 1. The first-order chi connectivity index (χ1) is 30.8. The van der Waals surface area contributed by atoms with Gasteiger partial charge in [-0.1, -0.05) is 95.3 Å². The number of likely N-dealkylation sites (tertiary alicyclic amines) is 1. The highest BCUT2D eigenvalue weighted by molar-refractivity contribution is 8.14. The Morgan fingerprint density at radius 3 is 2.15 bits per heavy atom. The van der Waals surface area contributed by atoms with Crippen molar-refractivity contribution in [2.24, 2.45) is 34.6 Å². The molecule has 0 radical (unpaired) electrons. The van der Waals surface area contributed by atoms with Crippen LogP contribution < -0.4 is 10.6 Å². The summed E-state index contributed by atoms with van der Waals surface area (Å²) in [4.78, 5) is 103. The third kappa shape index (κ3) is 17.8. The number of nitrogens with zero attached hydrogens (tertiary/aromatic N) is 2. The molecule has 4 rings (SSSR count). The van der Waals surface area contributed by atoms with E-state index in [1.54, 1.807) is 37.4 Å². The summed E-state index contributed by atoms with van der Waals surface area (Å²) in [6.07, 6.45) is 2.19. The molecule has 2 N–H and O–H groups in total. The molecule has 356 valence electrons. The van der Waals surface area contributed by atoms with Gasteiger partial charge in [-0.3, -0.25) is 33.8 Å². The van der Waals surface area contributed by atoms with Crippen LogP contribution >= 0.6 is 11.8 Å². The predicted octanol–water partition coefficient (Wildman–Crippen LogP) is 8.11. The molecule has 2 heterocycles. The smallest absolute Gasteiger partial charge is 0.407 e. The van der Waals surface area contributed by atoms with E-state index in [9.17, 15) is 33.6 Å². The predicted molar refractivity (Wildman–Crippen MR) is 254 cm³/mol. The van der Waals surface area contributed by atoms with Crippen LogP contribution in [0.25, 0.3) is 0 Å². The zero-order valence-corrected chi connectivity index (χ0v) is 40.6. The Balaban J connectivity index is 1.47. The van der Waals surface area contributed by atoms with Crippen LogP contribution in [0.3, 0.4) is 0 Å². The highest BCUT2D eigenvalue weighted by Crippen LogP contribution is 2.30. The number of amides is 3. The Morgan fingerprint density at radius 2 is 1.54 bits per heavy atom. The quantitative estimate of drug-likeness (QED) is 0.0594. The summed E-state index contributed by atoms with van der Waals surface area (Å²) in [7, 11) is 0. The molecule has 0 bridgehead atoms. The lowest BCUT2D eigenvalue weighted by Crippen LogP contribution is -2.48. The minimum atomic E-state index is -1.03. The van der Waals surface area contributed by atoms with Gasteiger partial charge in [0, 0.05) is 49.6 Å². The van der Waals surface area contributed by atoms with Gasteiger partial charge in [-0.15, -0.1) is 11.8 Å². The lowest BCUT2D eigenvalue weighted by Gasteiger charge is -2.31. The Bertz CT molecular complexity index is 1950. The van der Waals surface area contributed by atoms with Gasteiger partial charge >= 0.3 is 12.1 Å². The molecule has 0 saturated carbocycles. The molecule has 6 atom stereocenters. The third-order valence-corrected chi connectivity index (χ3v) is 12.9. The number of aliphatic imine (C=N–C) groups is 1. The van der Waals surface area contributed by atoms with Crippen LogP contribution in [-0.2, 0) is 51.3 Å². The molecular formula is C51H72N4O9S. The SMILES string of the molecule is CC(C)C[C@@H](C(=O)C[C@H](Cc1ccccc1)C(=O)N1CCC[C@H]1C(=O)C[C@H](C(=O)N[C@@H](CCCNC(=O)OCc1ccccc1)C(=O)CC1=NCCC(C)S1)C(C)C)C(=O)OC(C)(C)C. The minimum absolute atomic E-state index is 0.0204. The van der Waals surface area contributed by atoms with Crippen molar-refractivity contribution >= 4 is 58.0 Å². The van der Waals surface area contributed by atoms with Crippen LogP contribution in [0.2, 0.25) is 0 Å². The Morgan fingerprint density at radius 1 is 0.877 bits per heavy atom. The summed E-state index contributed by atoms with van der Waals surface area (Å²) in [6, 6.07) is 17.0. The van der Waals surface area contributed by atoms with Gasteiger partial charge in [0.05, 0.1) is 23.5 Å². The number of carbonyl (C=O) groups excluding carboxylic acids is 7. The molecule has 2 aliphatic heterocycles. The molecule has 0 aliphatic carbocycles. The van der Waals surface area contributed by atoms with Crippen molar-refractivity contribution < 1.29 is 43.0 Å². The summed E-state index contributed by atoms with van der Waals surface area (Å²) in [5.41, 5.74) is 0.905. The summed E-state index contributed by atoms with van der Waals surface area (Å²) in [5.74, 6) is -5.13. The average molecular weight is 917 g/mol. The maximum absolute atomic E-state index is 14.6. The first-order valence-electron chi connectivity index (χ1n) is 23.4. The maximum atomic E-state index is 14.6. The van der Waals surface area contributed by atoms with Crippen molar-refractivity contribution in [1.29, 1.82) is 0 Å². The van der Waals surface area contributed by atoms with Crippen LogP contribution in [-0.4, -0.2) is 93.7 Å². The zero-order chi connectivity index (χ0) is 47.7. The van der Waals surface area contributed by atoms with Gasteiger partial charge in [0.2, 0.25) is 11.8 Å². The second-order valence-corrected chi connectivity index (χ2v) is 20.8. The van der Waals surface area contributed by atoms with E-state index in [1.807, 2.05) is 88.4 Å². The van der Waals surface area contributed by atoms with Gasteiger partial charge < -0.3 is 25.0 Å². The molecule has 2 aliphatic rings.